The van der Waals surface area contributed by atoms with Crippen LogP contribution in [0.3, 0.4) is 0 Å². The van der Waals surface area contributed by atoms with Crippen molar-refractivity contribution in [2.24, 2.45) is 10.7 Å². The second-order valence-corrected chi connectivity index (χ2v) is 7.08. The number of ether oxygens (including phenoxy) is 1. The molecule has 2 heterocycles. The summed E-state index contributed by atoms with van der Waals surface area (Å²) in [6.45, 7) is 3.02. The van der Waals surface area contributed by atoms with E-state index in [1.807, 2.05) is 49.4 Å². The lowest BCUT2D eigenvalue weighted by Gasteiger charge is -2.28. The summed E-state index contributed by atoms with van der Waals surface area (Å²) in [7, 11) is 1.64. The molecule has 0 saturated heterocycles. The minimum atomic E-state index is -0.268. The largest absolute Gasteiger partial charge is 0.378 e. The Hall–Kier alpha value is -3.19. The molecular weight excluding hydrogens is 371 g/mol. The monoisotopic (exact) mass is 394 g/mol. The Morgan fingerprint density at radius 1 is 1.21 bits per heavy atom. The molecule has 1 aliphatic heterocycles. The summed E-state index contributed by atoms with van der Waals surface area (Å²) in [5, 5.41) is 4.13. The van der Waals surface area contributed by atoms with Gasteiger partial charge in [0.2, 0.25) is 0 Å². The maximum absolute atomic E-state index is 14.7. The Bertz CT molecular complexity index is 1020. The van der Waals surface area contributed by atoms with Gasteiger partial charge in [-0.05, 0) is 17.2 Å². The lowest BCUT2D eigenvalue weighted by atomic mass is 9.95. The van der Waals surface area contributed by atoms with Crippen molar-refractivity contribution in [2.75, 3.05) is 25.1 Å². The highest BCUT2D eigenvalue weighted by Gasteiger charge is 2.26. The molecule has 0 amide bonds. The number of aliphatic imine (C=N–C) groups is 1. The molecule has 1 aliphatic rings. The van der Waals surface area contributed by atoms with Crippen LogP contribution >= 0.6 is 0 Å². The third-order valence-corrected chi connectivity index (χ3v) is 5.25. The maximum atomic E-state index is 14.7. The van der Waals surface area contributed by atoms with Crippen LogP contribution in [-0.4, -0.2) is 37.4 Å². The molecule has 2 atom stereocenters. The quantitative estimate of drug-likeness (QED) is 0.713. The van der Waals surface area contributed by atoms with Crippen molar-refractivity contribution >= 4 is 11.8 Å². The topological polar surface area (TPSA) is 76.9 Å². The van der Waals surface area contributed by atoms with Gasteiger partial charge in [-0.2, -0.15) is 0 Å². The van der Waals surface area contributed by atoms with E-state index in [2.05, 4.69) is 10.1 Å². The molecule has 0 fully saturated rings. The Morgan fingerprint density at radius 3 is 2.72 bits per heavy atom. The molecule has 7 heteroatoms. The van der Waals surface area contributed by atoms with Crippen molar-refractivity contribution in [3.63, 3.8) is 0 Å². The van der Waals surface area contributed by atoms with E-state index in [0.717, 1.165) is 11.1 Å². The molecule has 2 aromatic carbocycles. The van der Waals surface area contributed by atoms with Crippen LogP contribution in [0.1, 0.15) is 24.2 Å². The molecule has 0 radical (unpaired) electrons. The predicted octanol–water partition coefficient (Wildman–Crippen LogP) is 3.78. The van der Waals surface area contributed by atoms with Gasteiger partial charge in [-0.15, -0.1) is 0 Å². The molecule has 0 spiro atoms. The van der Waals surface area contributed by atoms with Crippen LogP contribution in [0.25, 0.3) is 11.1 Å². The number of anilines is 1. The third-order valence-electron chi connectivity index (χ3n) is 5.25. The number of nitrogens with two attached hydrogens (primary N) is 1. The van der Waals surface area contributed by atoms with Gasteiger partial charge in [-0.1, -0.05) is 54.5 Å². The highest BCUT2D eigenvalue weighted by atomic mass is 19.1. The molecule has 0 aliphatic carbocycles. The van der Waals surface area contributed by atoms with Crippen LogP contribution in [0.2, 0.25) is 0 Å². The van der Waals surface area contributed by atoms with E-state index >= 15 is 0 Å². The molecule has 0 saturated carbocycles. The lowest BCUT2D eigenvalue weighted by Crippen LogP contribution is -2.48. The van der Waals surface area contributed by atoms with E-state index in [1.54, 1.807) is 24.1 Å². The van der Waals surface area contributed by atoms with Crippen molar-refractivity contribution in [2.45, 2.75) is 18.9 Å². The molecule has 1 aromatic heterocycles. The van der Waals surface area contributed by atoms with Crippen molar-refractivity contribution < 1.29 is 13.7 Å². The number of halogens is 1. The van der Waals surface area contributed by atoms with E-state index in [-0.39, 0.29) is 17.8 Å². The van der Waals surface area contributed by atoms with Crippen molar-refractivity contribution in [3.05, 3.63) is 71.7 Å². The first-order chi connectivity index (χ1) is 14.1. The van der Waals surface area contributed by atoms with Crippen LogP contribution in [0.5, 0.6) is 0 Å². The molecule has 150 valence electrons. The Kier molecular flexibility index (Phi) is 5.31. The number of hydrogen-bond donors (Lipinski definition) is 1. The van der Waals surface area contributed by atoms with Gasteiger partial charge in [0, 0.05) is 24.7 Å². The summed E-state index contributed by atoms with van der Waals surface area (Å²) in [5.41, 5.74) is 8.23. The van der Waals surface area contributed by atoms with E-state index in [1.165, 1.54) is 0 Å². The van der Waals surface area contributed by atoms with E-state index < -0.39 is 0 Å². The first-order valence-electron chi connectivity index (χ1n) is 9.48. The molecule has 3 aromatic rings. The van der Waals surface area contributed by atoms with Crippen molar-refractivity contribution in [1.82, 2.24) is 5.16 Å². The van der Waals surface area contributed by atoms with E-state index in [4.69, 9.17) is 15.0 Å². The summed E-state index contributed by atoms with van der Waals surface area (Å²) in [5.74, 6) is 1.13. The normalized spacial score (nSPS) is 17.8. The lowest BCUT2D eigenvalue weighted by molar-refractivity contribution is 0.114. The van der Waals surface area contributed by atoms with E-state index in [0.29, 0.717) is 36.2 Å². The van der Waals surface area contributed by atoms with Crippen LogP contribution in [-0.2, 0) is 4.74 Å². The Labute approximate surface area is 168 Å². The number of aromatic nitrogens is 1. The summed E-state index contributed by atoms with van der Waals surface area (Å²) in [6, 6.07) is 16.6. The van der Waals surface area contributed by atoms with Gasteiger partial charge in [0.15, 0.2) is 11.8 Å². The molecule has 2 unspecified atom stereocenters. The van der Waals surface area contributed by atoms with Gasteiger partial charge < -0.3 is 15.0 Å². The van der Waals surface area contributed by atoms with Gasteiger partial charge in [-0.3, -0.25) is 9.89 Å². The number of guanidine groups is 1. The minimum absolute atomic E-state index is 0.0560. The SMILES string of the molecule is COC1CN=C(N)N(c2cc(C(C)c3ccc(-c4ccccc4)c(F)c3)on2)C1. The summed E-state index contributed by atoms with van der Waals surface area (Å²) < 4.78 is 25.7. The van der Waals surface area contributed by atoms with Gasteiger partial charge in [0.25, 0.3) is 0 Å². The zero-order valence-electron chi connectivity index (χ0n) is 16.4. The molecular formula is C22H23FN4O2. The molecule has 0 bridgehead atoms. The number of methoxy groups -OCH3 is 1. The van der Waals surface area contributed by atoms with Gasteiger partial charge in [-0.25, -0.2) is 4.39 Å². The smallest absolute Gasteiger partial charge is 0.197 e. The second kappa shape index (κ2) is 8.05. The highest BCUT2D eigenvalue weighted by Crippen LogP contribution is 2.31. The standard InChI is InChI=1S/C22H23FN4O2/c1-14(16-8-9-18(19(23)10-16)15-6-4-3-5-7-15)20-11-21(26-29-20)27-13-17(28-2)12-25-22(27)24/h3-11,14,17H,12-13H2,1-2H3,(H2,24,25). The molecule has 2 N–H and O–H groups in total. The number of hydrogen-bond acceptors (Lipinski definition) is 6. The van der Waals surface area contributed by atoms with Crippen LogP contribution in [0.4, 0.5) is 10.2 Å². The van der Waals surface area contributed by atoms with Crippen molar-refractivity contribution in [3.8, 4) is 11.1 Å². The fraction of sp³-hybridized carbons (Fsp3) is 0.273. The second-order valence-electron chi connectivity index (χ2n) is 7.08. The van der Waals surface area contributed by atoms with Gasteiger partial charge in [0.05, 0.1) is 19.2 Å². The maximum Gasteiger partial charge on any atom is 0.197 e. The zero-order valence-corrected chi connectivity index (χ0v) is 16.4. The summed E-state index contributed by atoms with van der Waals surface area (Å²) in [6.07, 6.45) is -0.0560. The average Bonchev–Trinajstić information content (AvgIpc) is 3.24. The number of rotatable bonds is 5. The van der Waals surface area contributed by atoms with Crippen LogP contribution in [0, 0.1) is 5.82 Å². The first kappa shape index (κ1) is 19.1. The van der Waals surface area contributed by atoms with Crippen LogP contribution < -0.4 is 10.6 Å². The first-order valence-corrected chi connectivity index (χ1v) is 9.48. The van der Waals surface area contributed by atoms with Gasteiger partial charge in [0.1, 0.15) is 11.6 Å². The predicted molar refractivity (Wildman–Crippen MR) is 110 cm³/mol. The number of benzene rings is 2. The van der Waals surface area contributed by atoms with Crippen molar-refractivity contribution in [1.29, 1.82) is 0 Å². The molecule has 6 nitrogen and oxygen atoms in total. The zero-order chi connectivity index (χ0) is 20.4. The number of nitrogens with zero attached hydrogens (tertiary/aromatic N) is 3. The third kappa shape index (κ3) is 3.86. The van der Waals surface area contributed by atoms with Crippen LogP contribution in [0.15, 0.2) is 64.1 Å². The Balaban J connectivity index is 1.56. The fourth-order valence-electron chi connectivity index (χ4n) is 3.42. The molecule has 29 heavy (non-hydrogen) atoms. The fourth-order valence-corrected chi connectivity index (χ4v) is 3.42. The highest BCUT2D eigenvalue weighted by molar-refractivity contribution is 5.94. The van der Waals surface area contributed by atoms with E-state index in [9.17, 15) is 4.39 Å². The average molecular weight is 394 g/mol. The van der Waals surface area contributed by atoms with Gasteiger partial charge >= 0.3 is 0 Å². The Morgan fingerprint density at radius 2 is 2.00 bits per heavy atom. The minimum Gasteiger partial charge on any atom is -0.378 e. The molecule has 4 rings (SSSR count). The summed E-state index contributed by atoms with van der Waals surface area (Å²) in [4.78, 5) is 6.03. The summed E-state index contributed by atoms with van der Waals surface area (Å²) >= 11 is 0.